The molecule has 0 spiro atoms. The molecule has 3 nitrogen and oxygen atoms in total. The van der Waals surface area contributed by atoms with Crippen molar-refractivity contribution in [1.82, 2.24) is 0 Å². The Bertz CT molecular complexity index is 430. The van der Waals surface area contributed by atoms with Gasteiger partial charge in [0.1, 0.15) is 5.82 Å². The van der Waals surface area contributed by atoms with Crippen LogP contribution in [0, 0.1) is 12.7 Å². The number of anilines is 1. The van der Waals surface area contributed by atoms with Gasteiger partial charge >= 0.3 is 0 Å². The molecule has 0 aliphatic carbocycles. The average molecular weight is 265 g/mol. The number of hydrogen-bond acceptors (Lipinski definition) is 1. The zero-order chi connectivity index (χ0) is 14.8. The van der Waals surface area contributed by atoms with E-state index in [1.807, 2.05) is 40.7 Å². The summed E-state index contributed by atoms with van der Waals surface area (Å²) in [5.41, 5.74) is 2.50. The first kappa shape index (κ1) is 17.3. The Morgan fingerprint density at radius 1 is 1.26 bits per heavy atom. The fourth-order valence-electron chi connectivity index (χ4n) is 1.33. The molecule has 1 aromatic carbocycles. The van der Waals surface area contributed by atoms with E-state index >= 15 is 0 Å². The van der Waals surface area contributed by atoms with Crippen molar-refractivity contribution in [3.8, 4) is 0 Å². The molecule has 1 rings (SSSR count). The van der Waals surface area contributed by atoms with Gasteiger partial charge in [-0.05, 0) is 44.0 Å². The van der Waals surface area contributed by atoms with Crippen LogP contribution >= 0.6 is 0 Å². The maximum atomic E-state index is 13.2. The molecular formula is C15H24FN3. The fourth-order valence-corrected chi connectivity index (χ4v) is 1.33. The molecular weight excluding hydrogens is 241 g/mol. The zero-order valence-corrected chi connectivity index (χ0v) is 12.7. The second-order valence-electron chi connectivity index (χ2n) is 3.89. The van der Waals surface area contributed by atoms with Gasteiger partial charge < -0.3 is 5.32 Å². The first-order valence-corrected chi connectivity index (χ1v) is 6.60. The Hall–Kier alpha value is -1.71. The maximum absolute atomic E-state index is 13.2. The summed E-state index contributed by atoms with van der Waals surface area (Å²) >= 11 is 0. The highest BCUT2D eigenvalue weighted by Crippen LogP contribution is 2.13. The molecule has 1 aromatic rings. The molecule has 1 N–H and O–H groups in total. The van der Waals surface area contributed by atoms with E-state index in [9.17, 15) is 4.39 Å². The van der Waals surface area contributed by atoms with Crippen molar-refractivity contribution >= 4 is 17.4 Å². The van der Waals surface area contributed by atoms with E-state index in [0.717, 1.165) is 17.7 Å². The van der Waals surface area contributed by atoms with Gasteiger partial charge in [-0.1, -0.05) is 20.8 Å². The lowest BCUT2D eigenvalue weighted by Crippen LogP contribution is -2.11. The minimum atomic E-state index is -0.265. The van der Waals surface area contributed by atoms with Crippen LogP contribution in [0.4, 0.5) is 10.1 Å². The first-order valence-electron chi connectivity index (χ1n) is 6.60. The molecule has 0 aliphatic heterocycles. The molecule has 0 saturated carbocycles. The number of nitrogens with one attached hydrogen (secondary N) is 1. The highest BCUT2D eigenvalue weighted by molar-refractivity contribution is 6.02. The van der Waals surface area contributed by atoms with Crippen LogP contribution in [-0.4, -0.2) is 18.7 Å². The molecule has 0 aliphatic rings. The van der Waals surface area contributed by atoms with Crippen molar-refractivity contribution < 1.29 is 4.39 Å². The number of halogens is 1. The van der Waals surface area contributed by atoms with E-state index < -0.39 is 0 Å². The monoisotopic (exact) mass is 265 g/mol. The van der Waals surface area contributed by atoms with Crippen molar-refractivity contribution in [2.45, 2.75) is 41.0 Å². The second-order valence-corrected chi connectivity index (χ2v) is 3.89. The van der Waals surface area contributed by atoms with Crippen LogP contribution in [0.25, 0.3) is 0 Å². The predicted molar refractivity (Wildman–Crippen MR) is 82.9 cm³/mol. The summed E-state index contributed by atoms with van der Waals surface area (Å²) in [5, 5.41) is 3.00. The van der Waals surface area contributed by atoms with Gasteiger partial charge in [-0.3, -0.25) is 4.99 Å². The lowest BCUT2D eigenvalue weighted by atomic mass is 10.2. The van der Waals surface area contributed by atoms with Gasteiger partial charge in [-0.15, -0.1) is 0 Å². The summed E-state index contributed by atoms with van der Waals surface area (Å²) in [4.78, 5) is 8.33. The van der Waals surface area contributed by atoms with Crippen LogP contribution in [0.3, 0.4) is 0 Å². The minimum absolute atomic E-state index is 0.265. The van der Waals surface area contributed by atoms with E-state index in [4.69, 9.17) is 0 Å². The van der Waals surface area contributed by atoms with Gasteiger partial charge in [0.15, 0.2) is 0 Å². The third-order valence-electron chi connectivity index (χ3n) is 2.32. The average Bonchev–Trinajstić information content (AvgIpc) is 2.38. The Balaban J connectivity index is 0.00000154. The normalized spacial score (nSPS) is 11.7. The van der Waals surface area contributed by atoms with E-state index in [1.165, 1.54) is 12.1 Å². The van der Waals surface area contributed by atoms with Crippen LogP contribution in [0.15, 0.2) is 28.2 Å². The van der Waals surface area contributed by atoms with Crippen LogP contribution in [0.1, 0.15) is 39.7 Å². The molecule has 0 amide bonds. The van der Waals surface area contributed by atoms with Gasteiger partial charge in [-0.25, -0.2) is 9.38 Å². The number of rotatable bonds is 2. The highest BCUT2D eigenvalue weighted by atomic mass is 19.1. The molecule has 0 fully saturated rings. The topological polar surface area (TPSA) is 36.8 Å². The first-order chi connectivity index (χ1) is 9.05. The molecule has 0 radical (unpaired) electrons. The Kier molecular flexibility index (Phi) is 8.42. The lowest BCUT2D eigenvalue weighted by Gasteiger charge is -2.07. The Labute approximate surface area is 115 Å². The smallest absolute Gasteiger partial charge is 0.222 e. The largest absolute Gasteiger partial charge is 0.324 e. The third-order valence-corrected chi connectivity index (χ3v) is 2.32. The number of aryl methyl sites for hydroxylation is 1. The van der Waals surface area contributed by atoms with Gasteiger partial charge in [0.25, 0.3) is 0 Å². The van der Waals surface area contributed by atoms with Crippen LogP contribution < -0.4 is 5.32 Å². The van der Waals surface area contributed by atoms with Crippen LogP contribution in [0.2, 0.25) is 0 Å². The fraction of sp³-hybridized carbons (Fsp3) is 0.467. The van der Waals surface area contributed by atoms with Crippen molar-refractivity contribution in [2.24, 2.45) is 9.98 Å². The molecule has 4 heteroatoms. The second kappa shape index (κ2) is 9.25. The van der Waals surface area contributed by atoms with Gasteiger partial charge in [0.05, 0.1) is 0 Å². The zero-order valence-electron chi connectivity index (χ0n) is 12.7. The van der Waals surface area contributed by atoms with Gasteiger partial charge in [0, 0.05) is 18.4 Å². The van der Waals surface area contributed by atoms with Gasteiger partial charge in [-0.2, -0.15) is 0 Å². The predicted octanol–water partition coefficient (Wildman–Crippen LogP) is 4.43. The quantitative estimate of drug-likeness (QED) is 0.623. The number of guanidine groups is 1. The lowest BCUT2D eigenvalue weighted by molar-refractivity contribution is 0.627. The number of hydrogen-bond donors (Lipinski definition) is 1. The summed E-state index contributed by atoms with van der Waals surface area (Å²) in [6, 6.07) is 4.76. The molecule has 0 heterocycles. The summed E-state index contributed by atoms with van der Waals surface area (Å²) in [6.07, 6.45) is 0.864. The van der Waals surface area contributed by atoms with Crippen molar-refractivity contribution in [1.29, 1.82) is 0 Å². The van der Waals surface area contributed by atoms with Gasteiger partial charge in [0.2, 0.25) is 5.96 Å². The SMILES string of the molecule is CC.CC/C(C)=N\C(=NC)Nc1cc(C)cc(F)c1. The number of benzene rings is 1. The van der Waals surface area contributed by atoms with E-state index in [0.29, 0.717) is 11.6 Å². The minimum Gasteiger partial charge on any atom is -0.324 e. The molecule has 19 heavy (non-hydrogen) atoms. The van der Waals surface area contributed by atoms with E-state index in [1.54, 1.807) is 7.05 Å². The number of nitrogens with zero attached hydrogens (tertiary/aromatic N) is 2. The van der Waals surface area contributed by atoms with Crippen LogP contribution in [-0.2, 0) is 0 Å². The molecule has 0 aromatic heterocycles. The number of aliphatic imine (C=N–C) groups is 2. The summed E-state index contributed by atoms with van der Waals surface area (Å²) < 4.78 is 13.2. The van der Waals surface area contributed by atoms with Crippen molar-refractivity contribution in [2.75, 3.05) is 12.4 Å². The third kappa shape index (κ3) is 6.70. The maximum Gasteiger partial charge on any atom is 0.222 e. The van der Waals surface area contributed by atoms with Crippen molar-refractivity contribution in [3.05, 3.63) is 29.6 Å². The molecule has 0 atom stereocenters. The summed E-state index contributed by atoms with van der Waals surface area (Å²) in [6.45, 7) is 9.81. The standard InChI is InChI=1S/C13H18FN3.C2H6/c1-5-10(3)16-13(15-4)17-12-7-9(2)6-11(14)8-12;1-2/h6-8H,5H2,1-4H3,(H,15,17);1-2H3/b16-10-;. The Morgan fingerprint density at radius 3 is 2.37 bits per heavy atom. The molecule has 0 bridgehead atoms. The highest BCUT2D eigenvalue weighted by Gasteiger charge is 2.01. The molecule has 0 unspecified atom stereocenters. The van der Waals surface area contributed by atoms with Crippen LogP contribution in [0.5, 0.6) is 0 Å². The van der Waals surface area contributed by atoms with E-state index in [-0.39, 0.29) is 5.82 Å². The van der Waals surface area contributed by atoms with E-state index in [2.05, 4.69) is 15.3 Å². The Morgan fingerprint density at radius 2 is 1.89 bits per heavy atom. The van der Waals surface area contributed by atoms with Crippen molar-refractivity contribution in [3.63, 3.8) is 0 Å². The summed E-state index contributed by atoms with van der Waals surface area (Å²) in [5.74, 6) is 0.230. The molecule has 106 valence electrons. The summed E-state index contributed by atoms with van der Waals surface area (Å²) in [7, 11) is 1.65. The molecule has 0 saturated heterocycles.